The van der Waals surface area contributed by atoms with Crippen LogP contribution in [-0.2, 0) is 0 Å². The van der Waals surface area contributed by atoms with Crippen molar-refractivity contribution in [2.24, 2.45) is 0 Å². The number of halogens is 1. The normalized spacial score (nSPS) is 13.8. The quantitative estimate of drug-likeness (QED) is 0.628. The maximum atomic E-state index is 12.8. The second-order valence-corrected chi connectivity index (χ2v) is 7.60. The Morgan fingerprint density at radius 1 is 1.03 bits per heavy atom. The molecule has 2 aromatic heterocycles. The van der Waals surface area contributed by atoms with Gasteiger partial charge in [0, 0.05) is 50.7 Å². The van der Waals surface area contributed by atoms with Crippen LogP contribution in [0.5, 0.6) is 11.5 Å². The molecule has 4 rings (SSSR count). The molecule has 0 radical (unpaired) electrons. The van der Waals surface area contributed by atoms with Crippen LogP contribution < -0.4 is 19.7 Å². The van der Waals surface area contributed by atoms with E-state index in [4.69, 9.17) is 21.1 Å². The summed E-state index contributed by atoms with van der Waals surface area (Å²) < 4.78 is 12.4. The molecular weight excluding hydrogens is 434 g/mol. The SMILES string of the molecule is COc1cc(OC)c(NC(=O)N2CCN(c3cc(-n4ccnc4)nc(C)n3)CC2)cc1Cl. The predicted octanol–water partition coefficient (Wildman–Crippen LogP) is 3.00. The van der Waals surface area contributed by atoms with Crippen LogP contribution in [0, 0.1) is 6.92 Å². The van der Waals surface area contributed by atoms with E-state index >= 15 is 0 Å². The van der Waals surface area contributed by atoms with Crippen molar-refractivity contribution in [3.63, 3.8) is 0 Å². The topological polar surface area (TPSA) is 97.6 Å². The van der Waals surface area contributed by atoms with Gasteiger partial charge in [0.25, 0.3) is 0 Å². The lowest BCUT2D eigenvalue weighted by atomic mass is 10.2. The molecule has 1 aliphatic rings. The summed E-state index contributed by atoms with van der Waals surface area (Å²) >= 11 is 6.21. The van der Waals surface area contributed by atoms with Crippen LogP contribution in [0.4, 0.5) is 16.3 Å². The van der Waals surface area contributed by atoms with Gasteiger partial charge < -0.3 is 24.6 Å². The van der Waals surface area contributed by atoms with Gasteiger partial charge in [0.15, 0.2) is 0 Å². The van der Waals surface area contributed by atoms with Crippen molar-refractivity contribution in [1.29, 1.82) is 0 Å². The number of ether oxygens (including phenoxy) is 2. The molecule has 0 spiro atoms. The summed E-state index contributed by atoms with van der Waals surface area (Å²) in [6.45, 7) is 4.24. The summed E-state index contributed by atoms with van der Waals surface area (Å²) in [5, 5.41) is 3.27. The molecule has 3 heterocycles. The van der Waals surface area contributed by atoms with Crippen molar-refractivity contribution in [3.8, 4) is 17.3 Å². The predicted molar refractivity (Wildman–Crippen MR) is 121 cm³/mol. The van der Waals surface area contributed by atoms with Gasteiger partial charge in [-0.25, -0.2) is 19.7 Å². The lowest BCUT2D eigenvalue weighted by molar-refractivity contribution is 0.208. The minimum atomic E-state index is -0.220. The number of amides is 2. The summed E-state index contributed by atoms with van der Waals surface area (Å²) in [5.74, 6) is 3.21. The third kappa shape index (κ3) is 4.54. The number of piperazine rings is 1. The number of carbonyl (C=O) groups excluding carboxylic acids is 1. The fourth-order valence-corrected chi connectivity index (χ4v) is 3.76. The summed E-state index contributed by atoms with van der Waals surface area (Å²) in [6, 6.07) is 4.97. The van der Waals surface area contributed by atoms with E-state index in [1.807, 2.05) is 23.8 Å². The number of rotatable bonds is 5. The molecule has 1 fully saturated rings. The maximum absolute atomic E-state index is 12.8. The Balaban J connectivity index is 1.42. The van der Waals surface area contributed by atoms with Gasteiger partial charge in [-0.1, -0.05) is 11.6 Å². The van der Waals surface area contributed by atoms with Gasteiger partial charge in [0.1, 0.15) is 35.3 Å². The van der Waals surface area contributed by atoms with Gasteiger partial charge in [-0.3, -0.25) is 4.57 Å². The fourth-order valence-electron chi connectivity index (χ4n) is 3.52. The molecule has 0 atom stereocenters. The van der Waals surface area contributed by atoms with Crippen LogP contribution in [0.15, 0.2) is 36.9 Å². The Hall–Kier alpha value is -3.53. The van der Waals surface area contributed by atoms with E-state index in [9.17, 15) is 4.79 Å². The van der Waals surface area contributed by atoms with Crippen LogP contribution in [0.3, 0.4) is 0 Å². The van der Waals surface area contributed by atoms with Crippen LogP contribution in [0.2, 0.25) is 5.02 Å². The van der Waals surface area contributed by atoms with Crippen molar-refractivity contribution < 1.29 is 14.3 Å². The first kappa shape index (κ1) is 21.7. The Kier molecular flexibility index (Phi) is 6.31. The highest BCUT2D eigenvalue weighted by Gasteiger charge is 2.24. The summed E-state index contributed by atoms with van der Waals surface area (Å²) in [6.07, 6.45) is 5.25. The van der Waals surface area contributed by atoms with E-state index in [0.29, 0.717) is 54.2 Å². The molecule has 11 heteroatoms. The molecule has 0 saturated carbocycles. The third-order valence-electron chi connectivity index (χ3n) is 5.19. The van der Waals surface area contributed by atoms with E-state index in [0.717, 1.165) is 11.6 Å². The number of nitrogens with one attached hydrogen (secondary N) is 1. The third-order valence-corrected chi connectivity index (χ3v) is 5.48. The number of nitrogens with zero attached hydrogens (tertiary/aromatic N) is 6. The van der Waals surface area contributed by atoms with E-state index < -0.39 is 0 Å². The Labute approximate surface area is 190 Å². The zero-order valence-electron chi connectivity index (χ0n) is 18.1. The smallest absolute Gasteiger partial charge is 0.322 e. The first-order valence-corrected chi connectivity index (χ1v) is 10.4. The summed E-state index contributed by atoms with van der Waals surface area (Å²) in [4.78, 5) is 29.9. The molecule has 0 bridgehead atoms. The average molecular weight is 458 g/mol. The highest BCUT2D eigenvalue weighted by atomic mass is 35.5. The van der Waals surface area contributed by atoms with Gasteiger partial charge >= 0.3 is 6.03 Å². The van der Waals surface area contributed by atoms with Gasteiger partial charge in [0.05, 0.1) is 24.9 Å². The molecule has 0 aliphatic carbocycles. The van der Waals surface area contributed by atoms with Crippen molar-refractivity contribution >= 4 is 29.1 Å². The first-order valence-electron chi connectivity index (χ1n) is 10.0. The molecule has 1 aliphatic heterocycles. The second-order valence-electron chi connectivity index (χ2n) is 7.19. The van der Waals surface area contributed by atoms with E-state index in [2.05, 4.69) is 25.2 Å². The lowest BCUT2D eigenvalue weighted by Gasteiger charge is -2.35. The molecule has 1 N–H and O–H groups in total. The number of methoxy groups -OCH3 is 2. The Morgan fingerprint density at radius 2 is 1.75 bits per heavy atom. The van der Waals surface area contributed by atoms with Crippen molar-refractivity contribution in [3.05, 3.63) is 47.8 Å². The maximum Gasteiger partial charge on any atom is 0.322 e. The van der Waals surface area contributed by atoms with Gasteiger partial charge in [-0.05, 0) is 13.0 Å². The summed E-state index contributed by atoms with van der Waals surface area (Å²) in [7, 11) is 3.05. The number of anilines is 2. The number of carbonyl (C=O) groups is 1. The van der Waals surface area contributed by atoms with Crippen LogP contribution in [0.1, 0.15) is 5.82 Å². The molecule has 0 unspecified atom stereocenters. The van der Waals surface area contributed by atoms with Gasteiger partial charge in [0.2, 0.25) is 0 Å². The zero-order valence-corrected chi connectivity index (χ0v) is 18.8. The minimum Gasteiger partial charge on any atom is -0.495 e. The molecule has 32 heavy (non-hydrogen) atoms. The van der Waals surface area contributed by atoms with E-state index in [1.54, 1.807) is 29.6 Å². The lowest BCUT2D eigenvalue weighted by Crippen LogP contribution is -2.50. The highest BCUT2D eigenvalue weighted by molar-refractivity contribution is 6.32. The second kappa shape index (κ2) is 9.31. The highest BCUT2D eigenvalue weighted by Crippen LogP contribution is 2.36. The minimum absolute atomic E-state index is 0.220. The van der Waals surface area contributed by atoms with Crippen molar-refractivity contribution in [2.45, 2.75) is 6.92 Å². The number of aromatic nitrogens is 4. The fraction of sp³-hybridized carbons (Fsp3) is 0.333. The Morgan fingerprint density at radius 3 is 2.41 bits per heavy atom. The standard InChI is InChI=1S/C21H24ClN7O3/c1-14-24-19(12-20(25-14)29-5-4-23-13-29)27-6-8-28(9-7-27)21(30)26-16-10-15(22)17(31-2)11-18(16)32-3/h4-5,10-13H,6-9H2,1-3H3,(H,26,30). The van der Waals surface area contributed by atoms with Crippen LogP contribution in [0.25, 0.3) is 5.82 Å². The number of benzene rings is 1. The van der Waals surface area contributed by atoms with Crippen molar-refractivity contribution in [2.75, 3.05) is 50.6 Å². The zero-order chi connectivity index (χ0) is 22.7. The molecular formula is C21H24ClN7O3. The van der Waals surface area contributed by atoms with Crippen LogP contribution in [-0.4, -0.2) is 70.8 Å². The Bertz CT molecular complexity index is 1100. The molecule has 3 aromatic rings. The molecule has 1 saturated heterocycles. The average Bonchev–Trinajstić information content (AvgIpc) is 3.34. The number of urea groups is 1. The van der Waals surface area contributed by atoms with Crippen LogP contribution >= 0.6 is 11.6 Å². The van der Waals surface area contributed by atoms with Crippen molar-refractivity contribution in [1.82, 2.24) is 24.4 Å². The largest absolute Gasteiger partial charge is 0.495 e. The molecule has 10 nitrogen and oxygen atoms in total. The van der Waals surface area contributed by atoms with E-state index in [-0.39, 0.29) is 6.03 Å². The first-order chi connectivity index (χ1) is 15.5. The van der Waals surface area contributed by atoms with Gasteiger partial charge in [-0.2, -0.15) is 0 Å². The number of aryl methyl sites for hydroxylation is 1. The molecule has 168 valence electrons. The number of hydrogen-bond acceptors (Lipinski definition) is 7. The summed E-state index contributed by atoms with van der Waals surface area (Å²) in [5.41, 5.74) is 0.488. The molecule has 2 amide bonds. The number of imidazole rings is 1. The molecule has 1 aromatic carbocycles. The van der Waals surface area contributed by atoms with Gasteiger partial charge in [-0.15, -0.1) is 0 Å². The van der Waals surface area contributed by atoms with E-state index in [1.165, 1.54) is 14.2 Å². The number of hydrogen-bond donors (Lipinski definition) is 1. The monoisotopic (exact) mass is 457 g/mol.